The smallest absolute Gasteiger partial charge is 0.333 e. The van der Waals surface area contributed by atoms with Crippen LogP contribution in [0.1, 0.15) is 44.4 Å². The molecule has 0 bridgehead atoms. The van der Waals surface area contributed by atoms with E-state index in [-0.39, 0.29) is 42.9 Å². The maximum Gasteiger partial charge on any atom is 0.334 e. The second-order valence-corrected chi connectivity index (χ2v) is 9.81. The lowest BCUT2D eigenvalue weighted by molar-refractivity contribution is -0.190. The van der Waals surface area contributed by atoms with Gasteiger partial charge in [-0.3, -0.25) is 9.59 Å². The van der Waals surface area contributed by atoms with Crippen LogP contribution in [-0.4, -0.2) is 70.0 Å². The van der Waals surface area contributed by atoms with E-state index in [1.54, 1.807) is 22.0 Å². The van der Waals surface area contributed by atoms with Gasteiger partial charge in [-0.2, -0.15) is 0 Å². The first-order valence-electron chi connectivity index (χ1n) is 12.3. The fourth-order valence-corrected chi connectivity index (χ4v) is 5.05. The van der Waals surface area contributed by atoms with E-state index in [2.05, 4.69) is 5.32 Å². The molecule has 0 radical (unpaired) electrons. The van der Waals surface area contributed by atoms with Crippen LogP contribution in [0.4, 0.5) is 4.79 Å². The fraction of sp³-hybridized carbons (Fsp3) is 0.444. The van der Waals surface area contributed by atoms with Gasteiger partial charge in [-0.15, -0.1) is 0 Å². The number of carbonyl (C=O) groups is 3. The fourth-order valence-electron chi connectivity index (χ4n) is 5.05. The number of carbonyl (C=O) groups excluding carboxylic acids is 3. The highest BCUT2D eigenvalue weighted by Gasteiger charge is 2.51. The molecule has 8 heteroatoms. The summed E-state index contributed by atoms with van der Waals surface area (Å²) in [5, 5.41) is 6.26. The third-order valence-electron chi connectivity index (χ3n) is 6.83. The van der Waals surface area contributed by atoms with Gasteiger partial charge in [-0.05, 0) is 30.4 Å². The van der Waals surface area contributed by atoms with Crippen molar-refractivity contribution in [3.05, 3.63) is 71.8 Å². The van der Waals surface area contributed by atoms with Gasteiger partial charge in [-0.1, -0.05) is 74.5 Å². The largest absolute Gasteiger partial charge is 0.334 e. The van der Waals surface area contributed by atoms with Crippen molar-refractivity contribution in [3.63, 3.8) is 0 Å². The van der Waals surface area contributed by atoms with Crippen LogP contribution in [0.2, 0.25) is 0 Å². The maximum absolute atomic E-state index is 13.7. The van der Waals surface area contributed by atoms with Crippen molar-refractivity contribution in [2.24, 2.45) is 5.92 Å². The molecule has 1 N–H and O–H groups in total. The average molecular weight is 478 g/mol. The van der Waals surface area contributed by atoms with Crippen molar-refractivity contribution in [2.75, 3.05) is 20.1 Å². The van der Waals surface area contributed by atoms with Crippen molar-refractivity contribution in [1.82, 2.24) is 25.1 Å². The molecule has 0 aromatic heterocycles. The number of hydrogen-bond donors (Lipinski definition) is 1. The van der Waals surface area contributed by atoms with Gasteiger partial charge in [0.2, 0.25) is 11.8 Å². The molecule has 4 rings (SSSR count). The Morgan fingerprint density at radius 1 is 1.00 bits per heavy atom. The molecular weight excluding hydrogens is 442 g/mol. The molecule has 0 spiro atoms. The predicted octanol–water partition coefficient (Wildman–Crippen LogP) is 3.23. The number of piperazine rings is 1. The Labute approximate surface area is 207 Å². The molecule has 4 amide bonds. The number of benzene rings is 2. The molecule has 3 unspecified atom stereocenters. The minimum atomic E-state index is -0.606. The van der Waals surface area contributed by atoms with E-state index in [1.807, 2.05) is 86.3 Å². The van der Waals surface area contributed by atoms with Crippen LogP contribution in [0.25, 0.3) is 0 Å². The molecule has 186 valence electrons. The van der Waals surface area contributed by atoms with E-state index in [9.17, 15) is 14.4 Å². The van der Waals surface area contributed by atoms with Gasteiger partial charge < -0.3 is 15.1 Å². The van der Waals surface area contributed by atoms with Crippen molar-refractivity contribution < 1.29 is 14.4 Å². The minimum absolute atomic E-state index is 0.0470. The SMILES string of the molecule is CC(C)CC1C(=O)N(C(C)c2ccccc2)CC2N1C(=O)CN(C)N2C(=O)NCc1ccccc1. The van der Waals surface area contributed by atoms with Crippen LogP contribution < -0.4 is 5.32 Å². The molecule has 2 aliphatic rings. The Hall–Kier alpha value is -3.39. The summed E-state index contributed by atoms with van der Waals surface area (Å²) in [6, 6.07) is 18.5. The number of rotatable bonds is 6. The van der Waals surface area contributed by atoms with Crippen molar-refractivity contribution >= 4 is 17.8 Å². The number of hydrazine groups is 1. The molecule has 8 nitrogen and oxygen atoms in total. The monoisotopic (exact) mass is 477 g/mol. The molecule has 2 heterocycles. The Morgan fingerprint density at radius 3 is 2.26 bits per heavy atom. The van der Waals surface area contributed by atoms with Crippen LogP contribution in [-0.2, 0) is 16.1 Å². The molecule has 35 heavy (non-hydrogen) atoms. The lowest BCUT2D eigenvalue weighted by Gasteiger charge is -2.55. The first-order chi connectivity index (χ1) is 16.8. The van der Waals surface area contributed by atoms with Crippen molar-refractivity contribution in [1.29, 1.82) is 0 Å². The number of likely N-dealkylation sites (N-methyl/N-ethyl adjacent to an activating group) is 1. The third kappa shape index (κ3) is 5.17. The Morgan fingerprint density at radius 2 is 1.63 bits per heavy atom. The summed E-state index contributed by atoms with van der Waals surface area (Å²) in [7, 11) is 1.75. The van der Waals surface area contributed by atoms with Crippen LogP contribution in [0.3, 0.4) is 0 Å². The molecule has 0 saturated carbocycles. The number of fused-ring (bicyclic) bond motifs is 1. The summed E-state index contributed by atoms with van der Waals surface area (Å²) in [6.45, 7) is 6.77. The summed E-state index contributed by atoms with van der Waals surface area (Å²) in [4.78, 5) is 43.9. The number of amides is 4. The van der Waals surface area contributed by atoms with Gasteiger partial charge in [0.05, 0.1) is 19.1 Å². The second-order valence-electron chi connectivity index (χ2n) is 9.81. The Kier molecular flexibility index (Phi) is 7.40. The van der Waals surface area contributed by atoms with Crippen LogP contribution in [0.5, 0.6) is 0 Å². The summed E-state index contributed by atoms with van der Waals surface area (Å²) < 4.78 is 0. The zero-order valence-electron chi connectivity index (χ0n) is 20.9. The van der Waals surface area contributed by atoms with Gasteiger partial charge in [0, 0.05) is 13.6 Å². The van der Waals surface area contributed by atoms with E-state index < -0.39 is 12.2 Å². The average Bonchev–Trinajstić information content (AvgIpc) is 2.84. The zero-order chi connectivity index (χ0) is 25.1. The second kappa shape index (κ2) is 10.5. The maximum atomic E-state index is 13.7. The molecule has 0 aliphatic carbocycles. The van der Waals surface area contributed by atoms with E-state index >= 15 is 0 Å². The van der Waals surface area contributed by atoms with Gasteiger partial charge in [0.25, 0.3) is 0 Å². The highest BCUT2D eigenvalue weighted by Crippen LogP contribution is 2.33. The first-order valence-corrected chi connectivity index (χ1v) is 12.3. The highest BCUT2D eigenvalue weighted by atomic mass is 16.2. The predicted molar refractivity (Wildman–Crippen MR) is 134 cm³/mol. The third-order valence-corrected chi connectivity index (χ3v) is 6.83. The van der Waals surface area contributed by atoms with Gasteiger partial charge >= 0.3 is 6.03 Å². The van der Waals surface area contributed by atoms with Crippen LogP contribution in [0.15, 0.2) is 60.7 Å². The first kappa shape index (κ1) is 24.7. The molecule has 2 aromatic rings. The number of nitrogens with zero attached hydrogens (tertiary/aromatic N) is 4. The number of hydrogen-bond acceptors (Lipinski definition) is 4. The minimum Gasteiger partial charge on any atom is -0.333 e. The number of urea groups is 1. The highest BCUT2D eigenvalue weighted by molar-refractivity contribution is 5.91. The molecule has 2 aromatic carbocycles. The van der Waals surface area contributed by atoms with Gasteiger partial charge in [-0.25, -0.2) is 14.8 Å². The quantitative estimate of drug-likeness (QED) is 0.693. The van der Waals surface area contributed by atoms with E-state index in [1.165, 1.54) is 0 Å². The number of nitrogens with one attached hydrogen (secondary N) is 1. The van der Waals surface area contributed by atoms with E-state index in [4.69, 9.17) is 0 Å². The van der Waals surface area contributed by atoms with Gasteiger partial charge in [0.1, 0.15) is 12.2 Å². The molecule has 2 saturated heterocycles. The van der Waals surface area contributed by atoms with Crippen LogP contribution in [0, 0.1) is 5.92 Å². The lowest BCUT2D eigenvalue weighted by Crippen LogP contribution is -2.76. The topological polar surface area (TPSA) is 76.2 Å². The summed E-state index contributed by atoms with van der Waals surface area (Å²) in [5.74, 6) is 0.0221. The Bertz CT molecular complexity index is 1050. The molecule has 3 atom stereocenters. The van der Waals surface area contributed by atoms with E-state index in [0.717, 1.165) is 11.1 Å². The summed E-state index contributed by atoms with van der Waals surface area (Å²) >= 11 is 0. The van der Waals surface area contributed by atoms with Crippen molar-refractivity contribution in [3.8, 4) is 0 Å². The van der Waals surface area contributed by atoms with E-state index in [0.29, 0.717) is 13.0 Å². The van der Waals surface area contributed by atoms with Crippen LogP contribution >= 0.6 is 0 Å². The summed E-state index contributed by atoms with van der Waals surface area (Å²) in [6.07, 6.45) is -0.0351. The molecule has 2 aliphatic heterocycles. The van der Waals surface area contributed by atoms with Crippen molar-refractivity contribution in [2.45, 2.75) is 52.0 Å². The van der Waals surface area contributed by atoms with Gasteiger partial charge in [0.15, 0.2) is 0 Å². The molecular formula is C27H35N5O3. The normalized spacial score (nSPS) is 21.8. The Balaban J connectivity index is 1.64. The summed E-state index contributed by atoms with van der Waals surface area (Å²) in [5.41, 5.74) is 2.01. The standard InChI is InChI=1S/C27H35N5O3/c1-19(2)15-23-26(34)30(20(3)22-13-9-6-10-14-22)17-24-31(23)25(33)18-29(4)32(24)27(35)28-16-21-11-7-5-8-12-21/h5-14,19-20,23-24H,15-18H2,1-4H3,(H,28,35). The lowest BCUT2D eigenvalue weighted by atomic mass is 9.95. The zero-order valence-corrected chi connectivity index (χ0v) is 20.9. The molecule has 2 fully saturated rings.